The van der Waals surface area contributed by atoms with Gasteiger partial charge in [-0.2, -0.15) is 0 Å². The van der Waals surface area contributed by atoms with Crippen LogP contribution in [-0.4, -0.2) is 22.5 Å². The molecule has 1 heterocycles. The average molecular weight is 289 g/mol. The molecule has 0 saturated carbocycles. The number of hydrogen-bond donors (Lipinski definition) is 2. The lowest BCUT2D eigenvalue weighted by Gasteiger charge is -2.20. The molecule has 2 rings (SSSR count). The molecule has 0 unspecified atom stereocenters. The summed E-state index contributed by atoms with van der Waals surface area (Å²) in [5.41, 5.74) is 2.01. The van der Waals surface area contributed by atoms with Crippen LogP contribution in [0.2, 0.25) is 0 Å². The molecule has 0 aliphatic heterocycles. The van der Waals surface area contributed by atoms with Crippen molar-refractivity contribution in [3.8, 4) is 0 Å². The third-order valence-electron chi connectivity index (χ3n) is 3.65. The molecule has 0 saturated heterocycles. The molecule has 5 heteroatoms. The summed E-state index contributed by atoms with van der Waals surface area (Å²) in [6.07, 6.45) is 0. The van der Waals surface area contributed by atoms with Crippen molar-refractivity contribution in [1.29, 1.82) is 0 Å². The van der Waals surface area contributed by atoms with E-state index in [2.05, 4.69) is 5.32 Å². The van der Waals surface area contributed by atoms with Crippen molar-refractivity contribution < 1.29 is 19.1 Å². The van der Waals surface area contributed by atoms with Crippen LogP contribution in [0, 0.1) is 20.8 Å². The summed E-state index contributed by atoms with van der Waals surface area (Å²) in [6, 6.07) is 3.91. The maximum atomic E-state index is 12.3. The van der Waals surface area contributed by atoms with Gasteiger partial charge in [0, 0.05) is 10.9 Å². The number of aryl methyl sites for hydroxylation is 3. The molecule has 0 aliphatic rings. The molecule has 0 spiro atoms. The Kier molecular flexibility index (Phi) is 3.53. The predicted octanol–water partition coefficient (Wildman–Crippen LogP) is 2.95. The number of rotatable bonds is 3. The van der Waals surface area contributed by atoms with Gasteiger partial charge in [0.25, 0.3) is 5.91 Å². The Morgan fingerprint density at radius 2 is 1.71 bits per heavy atom. The highest BCUT2D eigenvalue weighted by molar-refractivity contribution is 6.02. The van der Waals surface area contributed by atoms with Crippen molar-refractivity contribution in [2.24, 2.45) is 0 Å². The molecule has 21 heavy (non-hydrogen) atoms. The molecule has 0 aliphatic carbocycles. The number of furan rings is 1. The molecule has 5 nitrogen and oxygen atoms in total. The van der Waals surface area contributed by atoms with Gasteiger partial charge in [-0.05, 0) is 45.7 Å². The van der Waals surface area contributed by atoms with Gasteiger partial charge in [0.2, 0.25) is 0 Å². The first-order valence-electron chi connectivity index (χ1n) is 6.70. The Morgan fingerprint density at radius 1 is 1.14 bits per heavy atom. The monoisotopic (exact) mass is 289 g/mol. The number of benzene rings is 1. The first-order chi connectivity index (χ1) is 9.65. The van der Waals surface area contributed by atoms with Gasteiger partial charge >= 0.3 is 5.97 Å². The van der Waals surface area contributed by atoms with E-state index in [0.29, 0.717) is 5.58 Å². The second-order valence-electron chi connectivity index (χ2n) is 5.84. The molecule has 0 bridgehead atoms. The Hall–Kier alpha value is -2.30. The Bertz CT molecular complexity index is 740. The fraction of sp³-hybridized carbons (Fsp3) is 0.375. The minimum Gasteiger partial charge on any atom is -0.480 e. The lowest BCUT2D eigenvalue weighted by molar-refractivity contribution is -0.143. The summed E-state index contributed by atoms with van der Waals surface area (Å²) in [5, 5.41) is 12.5. The van der Waals surface area contributed by atoms with E-state index in [0.717, 1.165) is 22.1 Å². The zero-order valence-corrected chi connectivity index (χ0v) is 12.8. The normalized spacial score (nSPS) is 11.7. The van der Waals surface area contributed by atoms with E-state index in [1.165, 1.54) is 13.8 Å². The van der Waals surface area contributed by atoms with Crippen LogP contribution in [0.3, 0.4) is 0 Å². The van der Waals surface area contributed by atoms with E-state index in [-0.39, 0.29) is 5.76 Å². The van der Waals surface area contributed by atoms with Crippen LogP contribution < -0.4 is 5.32 Å². The zero-order valence-electron chi connectivity index (χ0n) is 12.8. The van der Waals surface area contributed by atoms with Crippen molar-refractivity contribution in [1.82, 2.24) is 5.32 Å². The van der Waals surface area contributed by atoms with Crippen LogP contribution in [0.15, 0.2) is 16.5 Å². The predicted molar refractivity (Wildman–Crippen MR) is 79.6 cm³/mol. The summed E-state index contributed by atoms with van der Waals surface area (Å²) < 4.78 is 5.69. The van der Waals surface area contributed by atoms with Gasteiger partial charge in [0.15, 0.2) is 5.76 Å². The van der Waals surface area contributed by atoms with Crippen LogP contribution in [-0.2, 0) is 4.79 Å². The zero-order chi connectivity index (χ0) is 15.9. The van der Waals surface area contributed by atoms with Crippen molar-refractivity contribution >= 4 is 22.8 Å². The van der Waals surface area contributed by atoms with Gasteiger partial charge in [0.05, 0.1) is 0 Å². The number of amides is 1. The average Bonchev–Trinajstić information content (AvgIpc) is 2.72. The van der Waals surface area contributed by atoms with Crippen LogP contribution in [0.5, 0.6) is 0 Å². The number of carbonyl (C=O) groups is 2. The summed E-state index contributed by atoms with van der Waals surface area (Å²) >= 11 is 0. The summed E-state index contributed by atoms with van der Waals surface area (Å²) in [4.78, 5) is 23.4. The summed E-state index contributed by atoms with van der Waals surface area (Å²) in [7, 11) is 0. The Morgan fingerprint density at radius 3 is 2.24 bits per heavy atom. The Balaban J connectivity index is 2.51. The van der Waals surface area contributed by atoms with Gasteiger partial charge in [-0.15, -0.1) is 0 Å². The number of carboxylic acids is 1. The minimum atomic E-state index is -1.35. The number of nitrogens with one attached hydrogen (secondary N) is 1. The van der Waals surface area contributed by atoms with E-state index in [1.54, 1.807) is 6.92 Å². The standard InChI is InChI=1S/C16H19NO4/c1-8-6-7-9(2)12-11(8)10(3)13(21-12)14(18)17-16(4,5)15(19)20/h6-7H,1-5H3,(H,17,18)(H,19,20). The van der Waals surface area contributed by atoms with E-state index >= 15 is 0 Å². The quantitative estimate of drug-likeness (QED) is 0.910. The van der Waals surface area contributed by atoms with Gasteiger partial charge < -0.3 is 14.8 Å². The minimum absolute atomic E-state index is 0.164. The highest BCUT2D eigenvalue weighted by Crippen LogP contribution is 2.30. The molecule has 0 radical (unpaired) electrons. The van der Waals surface area contributed by atoms with E-state index < -0.39 is 17.4 Å². The lowest BCUT2D eigenvalue weighted by Crippen LogP contribution is -2.49. The maximum Gasteiger partial charge on any atom is 0.328 e. The van der Waals surface area contributed by atoms with E-state index in [9.17, 15) is 9.59 Å². The third kappa shape index (κ3) is 2.51. The van der Waals surface area contributed by atoms with Crippen LogP contribution >= 0.6 is 0 Å². The van der Waals surface area contributed by atoms with Crippen molar-refractivity contribution in [3.05, 3.63) is 34.6 Å². The van der Waals surface area contributed by atoms with Gasteiger partial charge in [0.1, 0.15) is 11.1 Å². The molecule has 1 amide bonds. The molecular formula is C16H19NO4. The Labute approximate surface area is 122 Å². The second-order valence-corrected chi connectivity index (χ2v) is 5.84. The molecule has 2 N–H and O–H groups in total. The summed E-state index contributed by atoms with van der Waals surface area (Å²) in [5.74, 6) is -1.45. The van der Waals surface area contributed by atoms with E-state index in [1.807, 2.05) is 26.0 Å². The smallest absolute Gasteiger partial charge is 0.328 e. The molecule has 1 aromatic heterocycles. The fourth-order valence-corrected chi connectivity index (χ4v) is 2.29. The highest BCUT2D eigenvalue weighted by Gasteiger charge is 2.31. The number of hydrogen-bond acceptors (Lipinski definition) is 3. The van der Waals surface area contributed by atoms with E-state index in [4.69, 9.17) is 9.52 Å². The highest BCUT2D eigenvalue weighted by atomic mass is 16.4. The topological polar surface area (TPSA) is 79.5 Å². The molecule has 0 atom stereocenters. The SMILES string of the molecule is Cc1ccc(C)c2c(C)c(C(=O)NC(C)(C)C(=O)O)oc12. The third-order valence-corrected chi connectivity index (χ3v) is 3.65. The van der Waals surface area contributed by atoms with Crippen molar-refractivity contribution in [2.45, 2.75) is 40.2 Å². The van der Waals surface area contributed by atoms with Crippen LogP contribution in [0.1, 0.15) is 41.1 Å². The number of aliphatic carboxylic acids is 1. The summed E-state index contributed by atoms with van der Waals surface area (Å²) in [6.45, 7) is 8.53. The largest absolute Gasteiger partial charge is 0.480 e. The van der Waals surface area contributed by atoms with Crippen molar-refractivity contribution in [3.63, 3.8) is 0 Å². The van der Waals surface area contributed by atoms with Gasteiger partial charge in [-0.1, -0.05) is 12.1 Å². The number of carboxylic acid groups (broad SMARTS) is 1. The number of fused-ring (bicyclic) bond motifs is 1. The first-order valence-corrected chi connectivity index (χ1v) is 6.70. The second kappa shape index (κ2) is 4.91. The lowest BCUT2D eigenvalue weighted by atomic mass is 10.0. The van der Waals surface area contributed by atoms with Crippen LogP contribution in [0.25, 0.3) is 11.0 Å². The van der Waals surface area contributed by atoms with Crippen molar-refractivity contribution in [2.75, 3.05) is 0 Å². The molecule has 112 valence electrons. The van der Waals surface area contributed by atoms with Gasteiger partial charge in [-0.3, -0.25) is 4.79 Å². The van der Waals surface area contributed by atoms with Gasteiger partial charge in [-0.25, -0.2) is 4.79 Å². The fourth-order valence-electron chi connectivity index (χ4n) is 2.29. The molecule has 2 aromatic rings. The molecule has 0 fully saturated rings. The maximum absolute atomic E-state index is 12.3. The number of carbonyl (C=O) groups excluding carboxylic acids is 1. The molecule has 1 aromatic carbocycles. The molecular weight excluding hydrogens is 270 g/mol. The first kappa shape index (κ1) is 15.1. The van der Waals surface area contributed by atoms with Crippen LogP contribution in [0.4, 0.5) is 0 Å².